The molecule has 0 bridgehead atoms. The molecule has 0 fully saturated rings. The molecule has 1 aromatic heterocycles. The molecule has 0 aliphatic rings. The number of benzene rings is 5. The summed E-state index contributed by atoms with van der Waals surface area (Å²) in [6.45, 7) is 2.19. The van der Waals surface area contributed by atoms with E-state index in [9.17, 15) is 0 Å². The summed E-state index contributed by atoms with van der Waals surface area (Å²) in [6.07, 6.45) is 0. The number of furan rings is 1. The van der Waals surface area contributed by atoms with Gasteiger partial charge in [-0.3, -0.25) is 0 Å². The molecule has 32 heavy (non-hydrogen) atoms. The fraction of sp³-hybridized carbons (Fsp3) is 0.0667. The Balaban J connectivity index is 1.52. The second-order valence-corrected chi connectivity index (χ2v) is 9.31. The van der Waals surface area contributed by atoms with Gasteiger partial charge in [0.2, 0.25) is 0 Å². The molecule has 0 unspecified atom stereocenters. The highest BCUT2D eigenvalue weighted by molar-refractivity contribution is 7.99. The van der Waals surface area contributed by atoms with Crippen LogP contribution in [0.3, 0.4) is 0 Å². The quantitative estimate of drug-likeness (QED) is 0.259. The van der Waals surface area contributed by atoms with Crippen molar-refractivity contribution in [3.8, 4) is 22.3 Å². The van der Waals surface area contributed by atoms with E-state index in [1.807, 2.05) is 23.9 Å². The van der Waals surface area contributed by atoms with Crippen molar-refractivity contribution < 1.29 is 4.42 Å². The zero-order valence-electron chi connectivity index (χ0n) is 17.8. The van der Waals surface area contributed by atoms with Crippen LogP contribution in [0, 0.1) is 0 Å². The van der Waals surface area contributed by atoms with Crippen LogP contribution >= 0.6 is 11.8 Å². The Labute approximate surface area is 191 Å². The van der Waals surface area contributed by atoms with Gasteiger partial charge in [0.1, 0.15) is 11.2 Å². The summed E-state index contributed by atoms with van der Waals surface area (Å²) in [5.74, 6) is 1.09. The van der Waals surface area contributed by atoms with E-state index in [1.165, 1.54) is 37.9 Å². The van der Waals surface area contributed by atoms with Crippen LogP contribution in [0.2, 0.25) is 0 Å². The summed E-state index contributed by atoms with van der Waals surface area (Å²) < 4.78 is 6.03. The van der Waals surface area contributed by atoms with E-state index >= 15 is 0 Å². The van der Waals surface area contributed by atoms with E-state index in [4.69, 9.17) is 4.42 Å². The van der Waals surface area contributed by atoms with Gasteiger partial charge in [-0.1, -0.05) is 79.7 Å². The molecule has 6 aromatic rings. The zero-order valence-corrected chi connectivity index (χ0v) is 18.7. The number of rotatable bonds is 4. The number of fused-ring (bicyclic) bond motifs is 4. The predicted octanol–water partition coefficient (Wildman–Crippen LogP) is 9.19. The molecule has 0 amide bonds. The van der Waals surface area contributed by atoms with Crippen molar-refractivity contribution in [3.63, 3.8) is 0 Å². The first-order valence-corrected chi connectivity index (χ1v) is 12.0. The van der Waals surface area contributed by atoms with Crippen molar-refractivity contribution >= 4 is 44.5 Å². The van der Waals surface area contributed by atoms with E-state index in [-0.39, 0.29) is 0 Å². The molecule has 0 saturated carbocycles. The normalized spacial score (nSPS) is 11.5. The van der Waals surface area contributed by atoms with Crippen molar-refractivity contribution in [2.24, 2.45) is 0 Å². The predicted molar refractivity (Wildman–Crippen MR) is 138 cm³/mol. The molecule has 154 valence electrons. The van der Waals surface area contributed by atoms with Crippen LogP contribution in [0.25, 0.3) is 55.0 Å². The van der Waals surface area contributed by atoms with E-state index < -0.39 is 0 Å². The molecule has 1 nitrogen and oxygen atoms in total. The molecule has 0 atom stereocenters. The lowest BCUT2D eigenvalue weighted by atomic mass is 9.91. The molecule has 2 heteroatoms. The molecule has 0 aliphatic heterocycles. The maximum absolute atomic E-state index is 6.03. The molecule has 0 spiro atoms. The van der Waals surface area contributed by atoms with Gasteiger partial charge >= 0.3 is 0 Å². The van der Waals surface area contributed by atoms with Crippen molar-refractivity contribution in [2.75, 3.05) is 5.75 Å². The fourth-order valence-electron chi connectivity index (χ4n) is 4.59. The Morgan fingerprint density at radius 2 is 1.16 bits per heavy atom. The summed E-state index contributed by atoms with van der Waals surface area (Å²) in [5.41, 5.74) is 6.85. The molecular formula is C30H22OS. The summed E-state index contributed by atoms with van der Waals surface area (Å²) in [5, 5.41) is 4.87. The van der Waals surface area contributed by atoms with Gasteiger partial charge < -0.3 is 4.42 Å². The number of para-hydroxylation sites is 1. The van der Waals surface area contributed by atoms with Gasteiger partial charge in [0, 0.05) is 15.7 Å². The lowest BCUT2D eigenvalue weighted by Crippen LogP contribution is -1.86. The minimum Gasteiger partial charge on any atom is -0.456 e. The van der Waals surface area contributed by atoms with Gasteiger partial charge in [-0.05, 0) is 69.1 Å². The Kier molecular flexibility index (Phi) is 4.74. The van der Waals surface area contributed by atoms with Crippen molar-refractivity contribution in [3.05, 3.63) is 103 Å². The van der Waals surface area contributed by atoms with E-state index in [0.717, 1.165) is 27.7 Å². The molecule has 1 heterocycles. The summed E-state index contributed by atoms with van der Waals surface area (Å²) >= 11 is 1.88. The molecule has 0 aliphatic carbocycles. The Hall–Kier alpha value is -3.49. The minimum absolute atomic E-state index is 0.931. The average molecular weight is 431 g/mol. The van der Waals surface area contributed by atoms with Crippen molar-refractivity contribution in [1.82, 2.24) is 0 Å². The molecule has 0 saturated heterocycles. The average Bonchev–Trinajstić information content (AvgIpc) is 3.22. The van der Waals surface area contributed by atoms with Gasteiger partial charge in [-0.15, -0.1) is 11.8 Å². The fourth-order valence-corrected chi connectivity index (χ4v) is 5.26. The highest BCUT2D eigenvalue weighted by Gasteiger charge is 2.12. The third kappa shape index (κ3) is 3.19. The van der Waals surface area contributed by atoms with Crippen LogP contribution in [-0.4, -0.2) is 5.75 Å². The minimum atomic E-state index is 0.931. The third-order valence-corrected chi connectivity index (χ3v) is 6.98. The van der Waals surface area contributed by atoms with Crippen LogP contribution in [-0.2, 0) is 0 Å². The largest absolute Gasteiger partial charge is 0.456 e. The van der Waals surface area contributed by atoms with E-state index in [0.29, 0.717) is 0 Å². The highest BCUT2D eigenvalue weighted by Crippen LogP contribution is 2.38. The SMILES string of the molecule is CCSc1ccc(-c2ccc(-c3ccc4oc5ccccc5c4c3)c3ccccc23)cc1. The molecule has 6 rings (SSSR count). The topological polar surface area (TPSA) is 13.1 Å². The van der Waals surface area contributed by atoms with Gasteiger partial charge in [0.15, 0.2) is 0 Å². The lowest BCUT2D eigenvalue weighted by molar-refractivity contribution is 0.669. The molecule has 0 radical (unpaired) electrons. The monoisotopic (exact) mass is 430 g/mol. The first kappa shape index (κ1) is 19.2. The van der Waals surface area contributed by atoms with Crippen LogP contribution in [0.1, 0.15) is 6.92 Å². The van der Waals surface area contributed by atoms with E-state index in [2.05, 4.69) is 97.9 Å². The van der Waals surface area contributed by atoms with Crippen LogP contribution in [0.4, 0.5) is 0 Å². The Morgan fingerprint density at radius 3 is 1.88 bits per heavy atom. The molecule has 0 N–H and O–H groups in total. The second kappa shape index (κ2) is 7.89. The van der Waals surface area contributed by atoms with Gasteiger partial charge in [0.25, 0.3) is 0 Å². The number of hydrogen-bond donors (Lipinski definition) is 0. The van der Waals surface area contributed by atoms with Crippen LogP contribution in [0.5, 0.6) is 0 Å². The first-order valence-electron chi connectivity index (χ1n) is 11.0. The summed E-state index contributed by atoms with van der Waals surface area (Å²) in [4.78, 5) is 1.32. The standard InChI is InChI=1S/C30H22OS/c1-2-32-22-14-11-20(12-15-22)23-16-17-24(26-8-4-3-7-25(23)26)21-13-18-30-28(19-21)27-9-5-6-10-29(27)31-30/h3-19H,2H2,1H3. The summed E-state index contributed by atoms with van der Waals surface area (Å²) in [7, 11) is 0. The smallest absolute Gasteiger partial charge is 0.135 e. The number of hydrogen-bond acceptors (Lipinski definition) is 2. The van der Waals surface area contributed by atoms with Crippen molar-refractivity contribution in [1.29, 1.82) is 0 Å². The highest BCUT2D eigenvalue weighted by atomic mass is 32.2. The second-order valence-electron chi connectivity index (χ2n) is 7.97. The first-order chi connectivity index (χ1) is 15.8. The van der Waals surface area contributed by atoms with Gasteiger partial charge in [0.05, 0.1) is 0 Å². The lowest BCUT2D eigenvalue weighted by Gasteiger charge is -2.13. The third-order valence-electron chi connectivity index (χ3n) is 6.09. The zero-order chi connectivity index (χ0) is 21.5. The molecule has 5 aromatic carbocycles. The van der Waals surface area contributed by atoms with Gasteiger partial charge in [-0.25, -0.2) is 0 Å². The van der Waals surface area contributed by atoms with E-state index in [1.54, 1.807) is 0 Å². The maximum Gasteiger partial charge on any atom is 0.135 e. The Bertz CT molecular complexity index is 1570. The molecular weight excluding hydrogens is 408 g/mol. The number of thioether (sulfide) groups is 1. The Morgan fingerprint density at radius 1 is 0.562 bits per heavy atom. The van der Waals surface area contributed by atoms with Crippen LogP contribution in [0.15, 0.2) is 112 Å². The maximum atomic E-state index is 6.03. The van der Waals surface area contributed by atoms with Crippen LogP contribution < -0.4 is 0 Å². The van der Waals surface area contributed by atoms with Gasteiger partial charge in [-0.2, -0.15) is 0 Å². The summed E-state index contributed by atoms with van der Waals surface area (Å²) in [6, 6.07) is 36.9. The van der Waals surface area contributed by atoms with Crippen molar-refractivity contribution in [2.45, 2.75) is 11.8 Å².